The van der Waals surface area contributed by atoms with Gasteiger partial charge >= 0.3 is 0 Å². The number of benzene rings is 1. The number of rotatable bonds is 3. The summed E-state index contributed by atoms with van der Waals surface area (Å²) in [5, 5.41) is 4.64. The summed E-state index contributed by atoms with van der Waals surface area (Å²) in [6, 6.07) is 8.41. The SMILES string of the molecule is CC(C)(C)NCC1(c2ccccc2Cl)CC2(CC2)C1. The number of hydrogen-bond donors (Lipinski definition) is 1. The van der Waals surface area contributed by atoms with Gasteiger partial charge in [-0.3, -0.25) is 0 Å². The zero-order valence-corrected chi connectivity index (χ0v) is 13.0. The van der Waals surface area contributed by atoms with E-state index < -0.39 is 0 Å². The first-order valence-electron chi connectivity index (χ1n) is 7.34. The second-order valence-corrected chi connectivity index (χ2v) is 8.12. The van der Waals surface area contributed by atoms with Crippen LogP contribution in [-0.4, -0.2) is 12.1 Å². The Hall–Kier alpha value is -0.530. The summed E-state index contributed by atoms with van der Waals surface area (Å²) < 4.78 is 0. The Balaban J connectivity index is 1.84. The average Bonchev–Trinajstić information content (AvgIpc) is 3.04. The van der Waals surface area contributed by atoms with Crippen LogP contribution in [0.1, 0.15) is 52.0 Å². The summed E-state index contributed by atoms with van der Waals surface area (Å²) in [4.78, 5) is 0. The van der Waals surface area contributed by atoms with Gasteiger partial charge in [0.1, 0.15) is 0 Å². The van der Waals surface area contributed by atoms with Crippen molar-refractivity contribution in [3.05, 3.63) is 34.9 Å². The summed E-state index contributed by atoms with van der Waals surface area (Å²) in [6.45, 7) is 7.75. The van der Waals surface area contributed by atoms with Gasteiger partial charge in [0.15, 0.2) is 0 Å². The minimum Gasteiger partial charge on any atom is -0.311 e. The van der Waals surface area contributed by atoms with E-state index in [9.17, 15) is 0 Å². The van der Waals surface area contributed by atoms with Crippen molar-refractivity contribution in [1.29, 1.82) is 0 Å². The lowest BCUT2D eigenvalue weighted by Crippen LogP contribution is -2.53. The van der Waals surface area contributed by atoms with E-state index in [0.29, 0.717) is 5.41 Å². The summed E-state index contributed by atoms with van der Waals surface area (Å²) in [5.41, 5.74) is 2.47. The molecule has 19 heavy (non-hydrogen) atoms. The molecule has 2 aliphatic rings. The number of halogens is 1. The van der Waals surface area contributed by atoms with Crippen molar-refractivity contribution < 1.29 is 0 Å². The molecule has 0 unspecified atom stereocenters. The molecule has 0 heterocycles. The van der Waals surface area contributed by atoms with E-state index >= 15 is 0 Å². The van der Waals surface area contributed by atoms with Gasteiger partial charge in [0.05, 0.1) is 0 Å². The second-order valence-electron chi connectivity index (χ2n) is 7.72. The van der Waals surface area contributed by atoms with Crippen molar-refractivity contribution in [2.24, 2.45) is 5.41 Å². The molecular formula is C17H24ClN. The molecule has 2 fully saturated rings. The highest BCUT2D eigenvalue weighted by Gasteiger charge is 2.61. The molecule has 0 aromatic heterocycles. The fraction of sp³-hybridized carbons (Fsp3) is 0.647. The van der Waals surface area contributed by atoms with Crippen LogP contribution in [-0.2, 0) is 5.41 Å². The largest absolute Gasteiger partial charge is 0.311 e. The molecule has 0 amide bonds. The third-order valence-corrected chi connectivity index (χ3v) is 5.12. The lowest BCUT2D eigenvalue weighted by atomic mass is 9.56. The maximum absolute atomic E-state index is 6.46. The highest BCUT2D eigenvalue weighted by molar-refractivity contribution is 6.31. The first-order valence-corrected chi connectivity index (χ1v) is 7.72. The van der Waals surface area contributed by atoms with E-state index in [4.69, 9.17) is 11.6 Å². The third-order valence-electron chi connectivity index (χ3n) is 4.79. The van der Waals surface area contributed by atoms with Crippen LogP contribution in [0.25, 0.3) is 0 Å². The molecule has 1 spiro atoms. The Morgan fingerprint density at radius 2 is 1.79 bits per heavy atom. The van der Waals surface area contributed by atoms with Gasteiger partial charge in [-0.2, -0.15) is 0 Å². The van der Waals surface area contributed by atoms with Gasteiger partial charge in [-0.25, -0.2) is 0 Å². The molecule has 0 atom stereocenters. The van der Waals surface area contributed by atoms with Gasteiger partial charge in [0.25, 0.3) is 0 Å². The monoisotopic (exact) mass is 277 g/mol. The molecule has 0 bridgehead atoms. The van der Waals surface area contributed by atoms with Crippen LogP contribution in [0, 0.1) is 5.41 Å². The van der Waals surface area contributed by atoms with Gasteiger partial charge < -0.3 is 5.32 Å². The van der Waals surface area contributed by atoms with E-state index in [1.807, 2.05) is 12.1 Å². The Bertz CT molecular complexity index is 474. The molecule has 3 rings (SSSR count). The zero-order chi connectivity index (χ0) is 13.7. The van der Waals surface area contributed by atoms with Crippen LogP contribution in [0.15, 0.2) is 24.3 Å². The maximum Gasteiger partial charge on any atom is 0.0444 e. The predicted molar refractivity (Wildman–Crippen MR) is 81.8 cm³/mol. The number of hydrogen-bond acceptors (Lipinski definition) is 1. The zero-order valence-electron chi connectivity index (χ0n) is 12.2. The van der Waals surface area contributed by atoms with E-state index in [1.165, 1.54) is 31.2 Å². The lowest BCUT2D eigenvalue weighted by Gasteiger charge is -2.51. The molecular weight excluding hydrogens is 254 g/mol. The van der Waals surface area contributed by atoms with Crippen molar-refractivity contribution in [2.75, 3.05) is 6.54 Å². The summed E-state index contributed by atoms with van der Waals surface area (Å²) in [5.74, 6) is 0. The van der Waals surface area contributed by atoms with Crippen molar-refractivity contribution in [1.82, 2.24) is 5.32 Å². The summed E-state index contributed by atoms with van der Waals surface area (Å²) >= 11 is 6.46. The van der Waals surface area contributed by atoms with Crippen LogP contribution in [0.2, 0.25) is 5.02 Å². The van der Waals surface area contributed by atoms with Crippen molar-refractivity contribution in [2.45, 2.75) is 57.4 Å². The quantitative estimate of drug-likeness (QED) is 0.855. The average molecular weight is 278 g/mol. The molecule has 2 aliphatic carbocycles. The fourth-order valence-corrected chi connectivity index (χ4v) is 3.99. The molecule has 0 aliphatic heterocycles. The second kappa shape index (κ2) is 4.23. The molecule has 1 aromatic rings. The molecule has 2 saturated carbocycles. The molecule has 0 radical (unpaired) electrons. The standard InChI is InChI=1S/C17H24ClN/c1-15(2,3)19-12-17(10-16(11-17)8-9-16)13-6-4-5-7-14(13)18/h4-7,19H,8-12H2,1-3H3. The topological polar surface area (TPSA) is 12.0 Å². The molecule has 1 aromatic carbocycles. The summed E-state index contributed by atoms with van der Waals surface area (Å²) in [7, 11) is 0. The normalized spacial score (nSPS) is 23.2. The molecule has 2 heteroatoms. The van der Waals surface area contributed by atoms with Crippen molar-refractivity contribution in [3.63, 3.8) is 0 Å². The smallest absolute Gasteiger partial charge is 0.0444 e. The summed E-state index contributed by atoms with van der Waals surface area (Å²) in [6.07, 6.45) is 5.48. The van der Waals surface area contributed by atoms with Gasteiger partial charge in [-0.1, -0.05) is 29.8 Å². The fourth-order valence-electron chi connectivity index (χ4n) is 3.65. The maximum atomic E-state index is 6.46. The molecule has 104 valence electrons. The Morgan fingerprint density at radius 3 is 2.32 bits per heavy atom. The Morgan fingerprint density at radius 1 is 1.16 bits per heavy atom. The van der Waals surface area contributed by atoms with Gasteiger partial charge in [0, 0.05) is 22.5 Å². The van der Waals surface area contributed by atoms with E-state index in [0.717, 1.165) is 11.6 Å². The highest BCUT2D eigenvalue weighted by atomic mass is 35.5. The van der Waals surface area contributed by atoms with Crippen molar-refractivity contribution in [3.8, 4) is 0 Å². The minimum absolute atomic E-state index is 0.167. The first kappa shape index (κ1) is 13.5. The van der Waals surface area contributed by atoms with Gasteiger partial charge in [-0.05, 0) is 63.5 Å². The Labute approximate surface area is 121 Å². The van der Waals surface area contributed by atoms with E-state index in [-0.39, 0.29) is 11.0 Å². The highest BCUT2D eigenvalue weighted by Crippen LogP contribution is 2.69. The van der Waals surface area contributed by atoms with Crippen LogP contribution < -0.4 is 5.32 Å². The third kappa shape index (κ3) is 2.55. The van der Waals surface area contributed by atoms with Crippen molar-refractivity contribution >= 4 is 11.6 Å². The molecule has 1 N–H and O–H groups in total. The minimum atomic E-state index is 0.167. The Kier molecular flexibility index (Phi) is 3.00. The van der Waals surface area contributed by atoms with Crippen LogP contribution in [0.4, 0.5) is 0 Å². The van der Waals surface area contributed by atoms with Crippen LogP contribution in [0.3, 0.4) is 0 Å². The molecule has 1 nitrogen and oxygen atoms in total. The molecule has 0 saturated heterocycles. The van der Waals surface area contributed by atoms with Gasteiger partial charge in [0.2, 0.25) is 0 Å². The van der Waals surface area contributed by atoms with E-state index in [2.05, 4.69) is 38.2 Å². The number of nitrogens with one attached hydrogen (secondary N) is 1. The van der Waals surface area contributed by atoms with Gasteiger partial charge in [-0.15, -0.1) is 0 Å². The predicted octanol–water partition coefficient (Wildman–Crippen LogP) is 4.54. The lowest BCUT2D eigenvalue weighted by molar-refractivity contribution is 0.108. The first-order chi connectivity index (χ1) is 8.84. The van der Waals surface area contributed by atoms with Crippen LogP contribution >= 0.6 is 11.6 Å². The van der Waals surface area contributed by atoms with E-state index in [1.54, 1.807) is 0 Å². The van der Waals surface area contributed by atoms with Crippen LogP contribution in [0.5, 0.6) is 0 Å².